The van der Waals surface area contributed by atoms with Crippen LogP contribution in [0.2, 0.25) is 5.02 Å². The highest BCUT2D eigenvalue weighted by atomic mass is 35.5. The van der Waals surface area contributed by atoms with Gasteiger partial charge in [-0.2, -0.15) is 0 Å². The van der Waals surface area contributed by atoms with E-state index in [-0.39, 0.29) is 12.0 Å². The molecule has 1 atom stereocenters. The van der Waals surface area contributed by atoms with Crippen LogP contribution in [0.15, 0.2) is 41.2 Å². The molecule has 0 unspecified atom stereocenters. The van der Waals surface area contributed by atoms with E-state index in [0.717, 1.165) is 0 Å². The molecule has 0 saturated carbocycles. The Morgan fingerprint density at radius 3 is 3.00 bits per heavy atom. The van der Waals surface area contributed by atoms with Crippen LogP contribution in [0, 0.1) is 0 Å². The van der Waals surface area contributed by atoms with Crippen molar-refractivity contribution in [1.29, 1.82) is 0 Å². The van der Waals surface area contributed by atoms with Gasteiger partial charge in [-0.3, -0.25) is 4.79 Å². The molecule has 0 saturated heterocycles. The highest BCUT2D eigenvalue weighted by molar-refractivity contribution is 6.32. The zero-order valence-corrected chi connectivity index (χ0v) is 11.1. The summed E-state index contributed by atoms with van der Waals surface area (Å²) in [6, 6.07) is 7.02. The first kappa shape index (κ1) is 12.1. The standard InChI is InChI=1S/C14H12ClNO3/c1-9-7-16(14(17)10-5-6-18-8-10)12-4-2-3-11(15)13(12)19-9/h2-6,8-9H,7H2,1H3/t9-/m1/s1. The number of fused-ring (bicyclic) bond motifs is 1. The number of hydrogen-bond acceptors (Lipinski definition) is 3. The van der Waals surface area contributed by atoms with Crippen molar-refractivity contribution in [1.82, 2.24) is 0 Å². The van der Waals surface area contributed by atoms with E-state index in [2.05, 4.69) is 0 Å². The number of amides is 1. The highest BCUT2D eigenvalue weighted by Gasteiger charge is 2.29. The van der Waals surface area contributed by atoms with E-state index >= 15 is 0 Å². The van der Waals surface area contributed by atoms with Gasteiger partial charge in [-0.25, -0.2) is 0 Å². The lowest BCUT2D eigenvalue weighted by atomic mass is 10.1. The lowest BCUT2D eigenvalue weighted by Crippen LogP contribution is -2.42. The Kier molecular flexibility index (Phi) is 2.95. The minimum absolute atomic E-state index is 0.108. The molecule has 0 fully saturated rings. The second-order valence-electron chi connectivity index (χ2n) is 4.44. The molecule has 98 valence electrons. The first-order chi connectivity index (χ1) is 9.16. The molecule has 0 bridgehead atoms. The Morgan fingerprint density at radius 2 is 2.26 bits per heavy atom. The van der Waals surface area contributed by atoms with Gasteiger partial charge in [-0.05, 0) is 25.1 Å². The van der Waals surface area contributed by atoms with E-state index in [1.165, 1.54) is 12.5 Å². The summed E-state index contributed by atoms with van der Waals surface area (Å²) in [5.74, 6) is 0.437. The molecular formula is C14H12ClNO3. The van der Waals surface area contributed by atoms with E-state index in [1.807, 2.05) is 13.0 Å². The van der Waals surface area contributed by atoms with Gasteiger partial charge >= 0.3 is 0 Å². The van der Waals surface area contributed by atoms with E-state index in [1.54, 1.807) is 23.1 Å². The van der Waals surface area contributed by atoms with E-state index in [9.17, 15) is 4.79 Å². The largest absolute Gasteiger partial charge is 0.485 e. The number of benzene rings is 1. The second kappa shape index (κ2) is 4.63. The van der Waals surface area contributed by atoms with Crippen molar-refractivity contribution in [3.8, 4) is 5.75 Å². The van der Waals surface area contributed by atoms with Crippen molar-refractivity contribution in [2.24, 2.45) is 0 Å². The fraction of sp³-hybridized carbons (Fsp3) is 0.214. The zero-order valence-electron chi connectivity index (χ0n) is 10.3. The molecule has 1 aromatic heterocycles. The third-order valence-corrected chi connectivity index (χ3v) is 3.31. The maximum atomic E-state index is 12.4. The van der Waals surface area contributed by atoms with Gasteiger partial charge in [0.1, 0.15) is 12.4 Å². The predicted octanol–water partition coefficient (Wildman–Crippen LogP) is 3.36. The normalized spacial score (nSPS) is 17.8. The van der Waals surface area contributed by atoms with E-state index < -0.39 is 0 Å². The summed E-state index contributed by atoms with van der Waals surface area (Å²) >= 11 is 6.12. The van der Waals surface area contributed by atoms with Crippen molar-refractivity contribution in [3.63, 3.8) is 0 Å². The molecule has 4 nitrogen and oxygen atoms in total. The maximum Gasteiger partial charge on any atom is 0.261 e. The van der Waals surface area contributed by atoms with Crippen LogP contribution in [-0.2, 0) is 0 Å². The molecule has 19 heavy (non-hydrogen) atoms. The number of carbonyl (C=O) groups is 1. The van der Waals surface area contributed by atoms with Gasteiger partial charge in [-0.15, -0.1) is 0 Å². The lowest BCUT2D eigenvalue weighted by Gasteiger charge is -2.33. The average Bonchev–Trinajstić information content (AvgIpc) is 2.92. The van der Waals surface area contributed by atoms with Gasteiger partial charge in [0.15, 0.2) is 5.75 Å². The number of hydrogen-bond donors (Lipinski definition) is 0. The Labute approximate surface area is 115 Å². The molecule has 1 amide bonds. The third-order valence-electron chi connectivity index (χ3n) is 3.01. The molecule has 0 N–H and O–H groups in total. The van der Waals surface area contributed by atoms with Gasteiger partial charge in [-0.1, -0.05) is 17.7 Å². The van der Waals surface area contributed by atoms with Crippen LogP contribution >= 0.6 is 11.6 Å². The van der Waals surface area contributed by atoms with Crippen LogP contribution in [0.3, 0.4) is 0 Å². The number of para-hydroxylation sites is 1. The monoisotopic (exact) mass is 277 g/mol. The number of furan rings is 1. The fourth-order valence-corrected chi connectivity index (χ4v) is 2.37. The van der Waals surface area contributed by atoms with Crippen molar-refractivity contribution in [2.75, 3.05) is 11.4 Å². The molecular weight excluding hydrogens is 266 g/mol. The topological polar surface area (TPSA) is 42.7 Å². The van der Waals surface area contributed by atoms with Gasteiger partial charge in [0.2, 0.25) is 0 Å². The Hall–Kier alpha value is -1.94. The predicted molar refractivity (Wildman–Crippen MR) is 71.9 cm³/mol. The van der Waals surface area contributed by atoms with Crippen LogP contribution in [-0.4, -0.2) is 18.6 Å². The van der Waals surface area contributed by atoms with Crippen LogP contribution in [0.1, 0.15) is 17.3 Å². The Morgan fingerprint density at radius 1 is 1.42 bits per heavy atom. The molecule has 3 rings (SSSR count). The smallest absolute Gasteiger partial charge is 0.261 e. The van der Waals surface area contributed by atoms with Crippen molar-refractivity contribution in [2.45, 2.75) is 13.0 Å². The Balaban J connectivity index is 2.04. The molecule has 1 aromatic carbocycles. The highest BCUT2D eigenvalue weighted by Crippen LogP contribution is 2.39. The number of halogens is 1. The van der Waals surface area contributed by atoms with Crippen molar-refractivity contribution in [3.05, 3.63) is 47.4 Å². The van der Waals surface area contributed by atoms with Crippen molar-refractivity contribution >= 4 is 23.2 Å². The van der Waals surface area contributed by atoms with Crippen LogP contribution in [0.4, 0.5) is 5.69 Å². The molecule has 5 heteroatoms. The molecule has 1 aliphatic rings. The molecule has 0 spiro atoms. The molecule has 2 aromatic rings. The van der Waals surface area contributed by atoms with Gasteiger partial charge in [0, 0.05) is 0 Å². The Bertz CT molecular complexity index is 609. The van der Waals surface area contributed by atoms with E-state index in [4.69, 9.17) is 20.8 Å². The molecule has 2 heterocycles. The van der Waals surface area contributed by atoms with Crippen molar-refractivity contribution < 1.29 is 13.9 Å². The summed E-state index contributed by atoms with van der Waals surface area (Å²) in [5.41, 5.74) is 1.21. The summed E-state index contributed by atoms with van der Waals surface area (Å²) in [4.78, 5) is 14.1. The molecule has 0 aliphatic carbocycles. The van der Waals surface area contributed by atoms with Gasteiger partial charge in [0.05, 0.1) is 29.1 Å². The summed E-state index contributed by atoms with van der Waals surface area (Å²) in [6.45, 7) is 2.39. The first-order valence-electron chi connectivity index (χ1n) is 5.96. The summed E-state index contributed by atoms with van der Waals surface area (Å²) in [7, 11) is 0. The number of rotatable bonds is 1. The summed E-state index contributed by atoms with van der Waals surface area (Å²) in [5, 5.41) is 0.508. The maximum absolute atomic E-state index is 12.4. The minimum Gasteiger partial charge on any atom is -0.485 e. The second-order valence-corrected chi connectivity index (χ2v) is 4.85. The van der Waals surface area contributed by atoms with E-state index in [0.29, 0.717) is 28.6 Å². The third kappa shape index (κ3) is 2.08. The first-order valence-corrected chi connectivity index (χ1v) is 6.34. The van der Waals surface area contributed by atoms with Crippen LogP contribution in [0.5, 0.6) is 5.75 Å². The minimum atomic E-state index is -0.118. The van der Waals surface area contributed by atoms with Gasteiger partial charge in [0.25, 0.3) is 5.91 Å². The average molecular weight is 278 g/mol. The number of anilines is 1. The summed E-state index contributed by atoms with van der Waals surface area (Å²) < 4.78 is 10.7. The molecule has 1 aliphatic heterocycles. The SMILES string of the molecule is C[C@@H]1CN(C(=O)c2ccoc2)c2cccc(Cl)c2O1. The fourth-order valence-electron chi connectivity index (χ4n) is 2.15. The van der Waals surface area contributed by atoms with Crippen LogP contribution < -0.4 is 9.64 Å². The zero-order chi connectivity index (χ0) is 13.4. The number of nitrogens with zero attached hydrogens (tertiary/aromatic N) is 1. The number of carbonyl (C=O) groups excluding carboxylic acids is 1. The molecule has 0 radical (unpaired) electrons. The van der Waals surface area contributed by atoms with Crippen LogP contribution in [0.25, 0.3) is 0 Å². The number of ether oxygens (including phenoxy) is 1. The lowest BCUT2D eigenvalue weighted by molar-refractivity contribution is 0.0960. The van der Waals surface area contributed by atoms with Gasteiger partial charge < -0.3 is 14.1 Å². The quantitative estimate of drug-likeness (QED) is 0.803. The summed E-state index contributed by atoms with van der Waals surface area (Å²) in [6.07, 6.45) is 2.81.